The van der Waals surface area contributed by atoms with Crippen LogP contribution < -0.4 is 15.1 Å². The average Bonchev–Trinajstić information content (AvgIpc) is 2.95. The van der Waals surface area contributed by atoms with Crippen molar-refractivity contribution >= 4 is 23.1 Å². The lowest BCUT2D eigenvalue weighted by atomic mass is 10.0. The number of rotatable bonds is 6. The molecule has 1 amide bonds. The second kappa shape index (κ2) is 12.5. The third-order valence-electron chi connectivity index (χ3n) is 8.01. The number of anilines is 3. The Hall–Kier alpha value is -3.77. The maximum absolute atomic E-state index is 16.4. The number of likely N-dealkylation sites (N-methyl/N-ethyl adjacent to an activating group) is 1. The molecule has 3 atom stereocenters. The number of morpholine rings is 1. The Kier molecular flexibility index (Phi) is 8.89. The predicted molar refractivity (Wildman–Crippen MR) is 155 cm³/mol. The molecule has 1 aromatic heterocycles. The van der Waals surface area contributed by atoms with Gasteiger partial charge in [-0.1, -0.05) is 0 Å². The number of amides is 1. The number of pyridine rings is 1. The van der Waals surface area contributed by atoms with E-state index in [1.807, 2.05) is 32.7 Å². The van der Waals surface area contributed by atoms with E-state index in [2.05, 4.69) is 15.2 Å². The number of alkyl halides is 2. The van der Waals surface area contributed by atoms with Gasteiger partial charge >= 0.3 is 0 Å². The zero-order chi connectivity index (χ0) is 31.0. The fraction of sp³-hybridized carbons (Fsp3) is 0.419. The van der Waals surface area contributed by atoms with Crippen molar-refractivity contribution in [3.05, 3.63) is 71.2 Å². The van der Waals surface area contributed by atoms with Crippen molar-refractivity contribution in [2.75, 3.05) is 54.9 Å². The van der Waals surface area contributed by atoms with Crippen molar-refractivity contribution in [1.29, 1.82) is 0 Å². The maximum atomic E-state index is 16.4. The van der Waals surface area contributed by atoms with E-state index in [4.69, 9.17) is 4.74 Å². The molecular weight excluding hydrogens is 569 g/mol. The summed E-state index contributed by atoms with van der Waals surface area (Å²) >= 11 is 0. The lowest BCUT2D eigenvalue weighted by Crippen LogP contribution is -2.50. The van der Waals surface area contributed by atoms with Gasteiger partial charge in [0.15, 0.2) is 5.82 Å². The zero-order valence-corrected chi connectivity index (χ0v) is 24.4. The van der Waals surface area contributed by atoms with Crippen molar-refractivity contribution in [3.63, 3.8) is 0 Å². The zero-order valence-electron chi connectivity index (χ0n) is 24.4. The summed E-state index contributed by atoms with van der Waals surface area (Å²) in [6.07, 6.45) is -1.81. The van der Waals surface area contributed by atoms with Crippen LogP contribution in [0.1, 0.15) is 43.1 Å². The summed E-state index contributed by atoms with van der Waals surface area (Å²) in [6, 6.07) is 6.75. The van der Waals surface area contributed by atoms with Crippen molar-refractivity contribution in [2.45, 2.75) is 45.4 Å². The highest BCUT2D eigenvalue weighted by Gasteiger charge is 2.30. The number of nitrogens with one attached hydrogen (secondary N) is 1. The Labute approximate surface area is 247 Å². The van der Waals surface area contributed by atoms with Crippen LogP contribution in [-0.4, -0.2) is 73.8 Å². The molecule has 2 aromatic carbocycles. The third kappa shape index (κ3) is 6.45. The van der Waals surface area contributed by atoms with Gasteiger partial charge in [0.05, 0.1) is 23.5 Å². The number of hydrogen-bond acceptors (Lipinski definition) is 6. The van der Waals surface area contributed by atoms with Crippen molar-refractivity contribution < 1.29 is 31.5 Å². The van der Waals surface area contributed by atoms with Gasteiger partial charge in [0.2, 0.25) is 0 Å². The largest absolute Gasteiger partial charge is 0.372 e. The van der Waals surface area contributed by atoms with E-state index in [0.717, 1.165) is 18.2 Å². The molecule has 3 aromatic rings. The van der Waals surface area contributed by atoms with Gasteiger partial charge in [-0.25, -0.2) is 26.9 Å². The quantitative estimate of drug-likeness (QED) is 0.343. The molecular formula is C31H34F5N5O2. The summed E-state index contributed by atoms with van der Waals surface area (Å²) in [5, 5.41) is 2.41. The lowest BCUT2D eigenvalue weighted by Gasteiger charge is -2.40. The smallest absolute Gasteiger partial charge is 0.264 e. The van der Waals surface area contributed by atoms with Gasteiger partial charge in [0.1, 0.15) is 23.1 Å². The van der Waals surface area contributed by atoms with Crippen LogP contribution in [0, 0.1) is 17.5 Å². The Morgan fingerprint density at radius 1 is 0.977 bits per heavy atom. The van der Waals surface area contributed by atoms with Gasteiger partial charge in [-0.05, 0) is 58.2 Å². The number of nitrogens with zero attached hydrogens (tertiary/aromatic N) is 4. The minimum Gasteiger partial charge on any atom is -0.372 e. The first-order valence-corrected chi connectivity index (χ1v) is 14.2. The van der Waals surface area contributed by atoms with Gasteiger partial charge < -0.3 is 24.8 Å². The number of ether oxygens (including phenoxy) is 1. The number of piperazine rings is 1. The van der Waals surface area contributed by atoms with Gasteiger partial charge in [-0.2, -0.15) is 0 Å². The van der Waals surface area contributed by atoms with Crippen molar-refractivity contribution in [3.8, 4) is 11.1 Å². The predicted octanol–water partition coefficient (Wildman–Crippen LogP) is 6.11. The Morgan fingerprint density at radius 2 is 1.70 bits per heavy atom. The molecule has 12 heteroatoms. The molecule has 1 N–H and O–H groups in total. The van der Waals surface area contributed by atoms with E-state index in [0.29, 0.717) is 44.6 Å². The Morgan fingerprint density at radius 3 is 2.33 bits per heavy atom. The van der Waals surface area contributed by atoms with Crippen LogP contribution in [0.15, 0.2) is 42.6 Å². The number of hydrogen-bond donors (Lipinski definition) is 1. The SMILES string of the molecule is CC1CN(c2cc(F)c(-c3ccc(N4C[C@@H](C)O[C@@H](C)C4)nc3)c(F)c2NC(=O)c2ccc(F)cc2C(F)F)CCN1C. The number of carbonyl (C=O) groups excluding carboxylic acids is 1. The minimum atomic E-state index is -3.15. The average molecular weight is 604 g/mol. The summed E-state index contributed by atoms with van der Waals surface area (Å²) in [7, 11) is 1.93. The first-order chi connectivity index (χ1) is 20.4. The minimum absolute atomic E-state index is 0.0113. The molecule has 2 saturated heterocycles. The molecule has 2 aliphatic heterocycles. The van der Waals surface area contributed by atoms with E-state index in [1.165, 1.54) is 6.20 Å². The Balaban J connectivity index is 1.55. The highest BCUT2D eigenvalue weighted by atomic mass is 19.3. The monoisotopic (exact) mass is 603 g/mol. The van der Waals surface area contributed by atoms with E-state index in [1.54, 1.807) is 17.0 Å². The van der Waals surface area contributed by atoms with Crippen LogP contribution >= 0.6 is 0 Å². The van der Waals surface area contributed by atoms with Gasteiger partial charge in [0.25, 0.3) is 12.3 Å². The normalized spacial score (nSPS) is 21.4. The molecule has 2 aliphatic rings. The van der Waals surface area contributed by atoms with Crippen LogP contribution in [0.3, 0.4) is 0 Å². The second-order valence-corrected chi connectivity index (χ2v) is 11.3. The molecule has 0 saturated carbocycles. The molecule has 1 unspecified atom stereocenters. The molecule has 0 bridgehead atoms. The second-order valence-electron chi connectivity index (χ2n) is 11.3. The molecule has 3 heterocycles. The molecule has 230 valence electrons. The first-order valence-electron chi connectivity index (χ1n) is 14.2. The molecule has 7 nitrogen and oxygen atoms in total. The first kappa shape index (κ1) is 30.7. The van der Waals surface area contributed by atoms with Crippen LogP contribution in [-0.2, 0) is 4.74 Å². The fourth-order valence-electron chi connectivity index (χ4n) is 5.69. The van der Waals surface area contributed by atoms with Crippen LogP contribution in [0.5, 0.6) is 0 Å². The maximum Gasteiger partial charge on any atom is 0.264 e. The van der Waals surface area contributed by atoms with E-state index >= 15 is 8.78 Å². The molecule has 0 spiro atoms. The van der Waals surface area contributed by atoms with E-state index in [-0.39, 0.29) is 35.2 Å². The standard InChI is InChI=1S/C31H34F5N5O2/c1-17-14-40(10-9-39(17)4)25-12-24(33)27(20-5-8-26(37-13-20)41-15-18(2)43-19(3)16-41)28(34)29(25)38-31(42)22-7-6-21(32)11-23(22)30(35)36/h5-8,11-13,17-19,30H,9-10,14-16H2,1-4H3,(H,38,42)/t17?,18-,19+. The summed E-state index contributed by atoms with van der Waals surface area (Å²) in [5.41, 5.74) is -1.91. The topological polar surface area (TPSA) is 60.9 Å². The number of aromatic nitrogens is 1. The van der Waals surface area contributed by atoms with E-state index < -0.39 is 46.5 Å². The summed E-state index contributed by atoms with van der Waals surface area (Å²) in [5.74, 6) is -3.32. The van der Waals surface area contributed by atoms with Gasteiger partial charge in [0, 0.05) is 67.7 Å². The highest BCUT2D eigenvalue weighted by Crippen LogP contribution is 2.39. The Bertz CT molecular complexity index is 1480. The molecule has 2 fully saturated rings. The summed E-state index contributed by atoms with van der Waals surface area (Å²) in [4.78, 5) is 23.6. The number of carbonyl (C=O) groups is 1. The van der Waals surface area contributed by atoms with Crippen molar-refractivity contribution in [2.24, 2.45) is 0 Å². The molecule has 0 aliphatic carbocycles. The van der Waals surface area contributed by atoms with Crippen LogP contribution in [0.25, 0.3) is 11.1 Å². The summed E-state index contributed by atoms with van der Waals surface area (Å²) in [6.45, 7) is 8.50. The lowest BCUT2D eigenvalue weighted by molar-refractivity contribution is -0.00546. The number of halogens is 5. The van der Waals surface area contributed by atoms with E-state index in [9.17, 15) is 18.0 Å². The molecule has 43 heavy (non-hydrogen) atoms. The van der Waals surface area contributed by atoms with Gasteiger partial charge in [-0.15, -0.1) is 0 Å². The fourth-order valence-corrected chi connectivity index (χ4v) is 5.69. The van der Waals surface area contributed by atoms with Gasteiger partial charge in [-0.3, -0.25) is 4.79 Å². The van der Waals surface area contributed by atoms with Crippen molar-refractivity contribution in [1.82, 2.24) is 9.88 Å². The van der Waals surface area contributed by atoms with Crippen LogP contribution in [0.2, 0.25) is 0 Å². The molecule has 5 rings (SSSR count). The third-order valence-corrected chi connectivity index (χ3v) is 8.01. The summed E-state index contributed by atoms with van der Waals surface area (Å²) < 4.78 is 79.0. The highest BCUT2D eigenvalue weighted by molar-refractivity contribution is 6.07. The number of benzene rings is 2. The molecule has 0 radical (unpaired) electrons. The van der Waals surface area contributed by atoms with Crippen LogP contribution in [0.4, 0.5) is 39.1 Å².